The molecular weight excluding hydrogens is 200 g/mol. The maximum Gasteiger partial charge on any atom is 0.208 e. The minimum Gasteiger partial charge on any atom is -0.306 e. The maximum atomic E-state index is 10.7. The van der Waals surface area contributed by atoms with Crippen LogP contribution in [0.1, 0.15) is 26.2 Å². The molecule has 4 nitrogen and oxygen atoms in total. The number of rotatable bonds is 8. The third-order valence-corrected chi connectivity index (χ3v) is 2.70. The highest BCUT2D eigenvalue weighted by molar-refractivity contribution is 7.88. The first-order chi connectivity index (χ1) is 6.45. The minimum absolute atomic E-state index is 0.537. The van der Waals surface area contributed by atoms with Gasteiger partial charge in [0.05, 0.1) is 6.26 Å². The van der Waals surface area contributed by atoms with Gasteiger partial charge in [-0.15, -0.1) is 0 Å². The van der Waals surface area contributed by atoms with Crippen molar-refractivity contribution in [3.8, 4) is 0 Å². The van der Waals surface area contributed by atoms with Crippen molar-refractivity contribution in [2.75, 3.05) is 32.9 Å². The first-order valence-corrected chi connectivity index (χ1v) is 6.98. The van der Waals surface area contributed by atoms with Gasteiger partial charge in [0.15, 0.2) is 0 Å². The average molecular weight is 222 g/mol. The van der Waals surface area contributed by atoms with Crippen LogP contribution in [0.25, 0.3) is 0 Å². The van der Waals surface area contributed by atoms with E-state index in [1.165, 1.54) is 19.1 Å². The highest BCUT2D eigenvalue weighted by Gasteiger charge is 2.00. The summed E-state index contributed by atoms with van der Waals surface area (Å²) in [6.45, 7) is 4.74. The van der Waals surface area contributed by atoms with Gasteiger partial charge in [-0.1, -0.05) is 13.3 Å². The highest BCUT2D eigenvalue weighted by Crippen LogP contribution is 1.92. The lowest BCUT2D eigenvalue weighted by atomic mass is 10.3. The molecule has 0 amide bonds. The molecule has 0 aromatic heterocycles. The molecule has 0 saturated carbocycles. The van der Waals surface area contributed by atoms with E-state index in [2.05, 4.69) is 23.6 Å². The molecule has 0 radical (unpaired) electrons. The molecule has 0 aliphatic carbocycles. The van der Waals surface area contributed by atoms with E-state index < -0.39 is 10.0 Å². The van der Waals surface area contributed by atoms with Gasteiger partial charge in [0.2, 0.25) is 10.0 Å². The Kier molecular flexibility index (Phi) is 7.13. The van der Waals surface area contributed by atoms with E-state index in [0.29, 0.717) is 6.54 Å². The van der Waals surface area contributed by atoms with Gasteiger partial charge < -0.3 is 4.90 Å². The summed E-state index contributed by atoms with van der Waals surface area (Å²) in [6.07, 6.45) is 4.46. The van der Waals surface area contributed by atoms with Crippen molar-refractivity contribution in [2.45, 2.75) is 26.2 Å². The second kappa shape index (κ2) is 7.20. The van der Waals surface area contributed by atoms with Crippen LogP contribution in [0.5, 0.6) is 0 Å². The Labute approximate surface area is 87.7 Å². The van der Waals surface area contributed by atoms with Gasteiger partial charge in [0, 0.05) is 6.54 Å². The van der Waals surface area contributed by atoms with Crippen molar-refractivity contribution in [3.63, 3.8) is 0 Å². The normalized spacial score (nSPS) is 12.3. The smallest absolute Gasteiger partial charge is 0.208 e. The molecule has 14 heavy (non-hydrogen) atoms. The van der Waals surface area contributed by atoms with Crippen LogP contribution in [0, 0.1) is 0 Å². The highest BCUT2D eigenvalue weighted by atomic mass is 32.2. The molecular formula is C9H22N2O2S. The van der Waals surface area contributed by atoms with E-state index in [4.69, 9.17) is 0 Å². The maximum absolute atomic E-state index is 10.7. The second-order valence-corrected chi connectivity index (χ2v) is 5.51. The SMILES string of the molecule is CCCCN(C)CCCNS(C)(=O)=O. The molecule has 0 bridgehead atoms. The summed E-state index contributed by atoms with van der Waals surface area (Å²) in [4.78, 5) is 2.23. The van der Waals surface area contributed by atoms with E-state index in [9.17, 15) is 8.42 Å². The molecule has 0 aliphatic heterocycles. The number of unbranched alkanes of at least 4 members (excludes halogenated alkanes) is 1. The molecule has 0 fully saturated rings. The summed E-state index contributed by atoms with van der Waals surface area (Å²) in [5.41, 5.74) is 0. The Morgan fingerprint density at radius 1 is 1.21 bits per heavy atom. The van der Waals surface area contributed by atoms with E-state index >= 15 is 0 Å². The fourth-order valence-electron chi connectivity index (χ4n) is 1.15. The lowest BCUT2D eigenvalue weighted by Gasteiger charge is -2.15. The third-order valence-electron chi connectivity index (χ3n) is 1.97. The van der Waals surface area contributed by atoms with Crippen molar-refractivity contribution < 1.29 is 8.42 Å². The van der Waals surface area contributed by atoms with Gasteiger partial charge in [-0.2, -0.15) is 0 Å². The summed E-state index contributed by atoms with van der Waals surface area (Å²) < 4.78 is 23.9. The van der Waals surface area contributed by atoms with Crippen molar-refractivity contribution in [3.05, 3.63) is 0 Å². The van der Waals surface area contributed by atoms with Gasteiger partial charge in [-0.25, -0.2) is 13.1 Å². The molecule has 0 spiro atoms. The van der Waals surface area contributed by atoms with Crippen LogP contribution in [-0.2, 0) is 10.0 Å². The van der Waals surface area contributed by atoms with E-state index in [-0.39, 0.29) is 0 Å². The third kappa shape index (κ3) is 9.95. The number of nitrogens with zero attached hydrogens (tertiary/aromatic N) is 1. The van der Waals surface area contributed by atoms with Gasteiger partial charge in [-0.05, 0) is 33.0 Å². The van der Waals surface area contributed by atoms with Crippen LogP contribution in [0.4, 0.5) is 0 Å². The zero-order chi connectivity index (χ0) is 11.0. The summed E-state index contributed by atoms with van der Waals surface area (Å²) >= 11 is 0. The van der Waals surface area contributed by atoms with Crippen LogP contribution in [0.3, 0.4) is 0 Å². The lowest BCUT2D eigenvalue weighted by molar-refractivity contribution is 0.324. The molecule has 1 N–H and O–H groups in total. The largest absolute Gasteiger partial charge is 0.306 e. The quantitative estimate of drug-likeness (QED) is 0.614. The van der Waals surface area contributed by atoms with Crippen molar-refractivity contribution in [1.82, 2.24) is 9.62 Å². The molecule has 0 rings (SSSR count). The zero-order valence-corrected chi connectivity index (χ0v) is 10.2. The van der Waals surface area contributed by atoms with Gasteiger partial charge in [0.1, 0.15) is 0 Å². The first-order valence-electron chi connectivity index (χ1n) is 5.09. The van der Waals surface area contributed by atoms with Crippen LogP contribution in [-0.4, -0.2) is 46.3 Å². The molecule has 0 unspecified atom stereocenters. The number of hydrogen-bond donors (Lipinski definition) is 1. The monoisotopic (exact) mass is 222 g/mol. The standard InChI is InChI=1S/C9H22N2O2S/c1-4-5-8-11(2)9-6-7-10-14(3,12)13/h10H,4-9H2,1-3H3. The Morgan fingerprint density at radius 2 is 1.79 bits per heavy atom. The molecule has 0 saturated heterocycles. The number of nitrogens with one attached hydrogen (secondary N) is 1. The predicted octanol–water partition coefficient (Wildman–Crippen LogP) is 0.658. The molecule has 0 aliphatic rings. The molecule has 0 heterocycles. The summed E-state index contributed by atoms with van der Waals surface area (Å²) in [5.74, 6) is 0. The Balaban J connectivity index is 3.36. The molecule has 0 aromatic rings. The molecule has 86 valence electrons. The van der Waals surface area contributed by atoms with E-state index in [1.54, 1.807) is 0 Å². The minimum atomic E-state index is -3.01. The topological polar surface area (TPSA) is 49.4 Å². The Hall–Kier alpha value is -0.130. The molecule has 5 heteroatoms. The fourth-order valence-corrected chi connectivity index (χ4v) is 1.66. The average Bonchev–Trinajstić information content (AvgIpc) is 2.07. The van der Waals surface area contributed by atoms with Crippen LogP contribution < -0.4 is 4.72 Å². The predicted molar refractivity (Wildman–Crippen MR) is 59.9 cm³/mol. The Morgan fingerprint density at radius 3 is 2.29 bits per heavy atom. The van der Waals surface area contributed by atoms with E-state index in [1.807, 2.05) is 0 Å². The fraction of sp³-hybridized carbons (Fsp3) is 1.00. The second-order valence-electron chi connectivity index (χ2n) is 3.68. The molecule has 0 aromatic carbocycles. The van der Waals surface area contributed by atoms with Gasteiger partial charge >= 0.3 is 0 Å². The van der Waals surface area contributed by atoms with Crippen molar-refractivity contribution in [2.24, 2.45) is 0 Å². The first kappa shape index (κ1) is 13.9. The number of hydrogen-bond acceptors (Lipinski definition) is 3. The van der Waals surface area contributed by atoms with Crippen LogP contribution in [0.15, 0.2) is 0 Å². The van der Waals surface area contributed by atoms with Crippen molar-refractivity contribution in [1.29, 1.82) is 0 Å². The summed E-state index contributed by atoms with van der Waals surface area (Å²) in [7, 11) is -0.942. The zero-order valence-electron chi connectivity index (χ0n) is 9.41. The number of sulfonamides is 1. The Bertz CT molecular complexity index is 227. The summed E-state index contributed by atoms with van der Waals surface area (Å²) in [6, 6.07) is 0. The molecule has 0 atom stereocenters. The van der Waals surface area contributed by atoms with Crippen LogP contribution >= 0.6 is 0 Å². The van der Waals surface area contributed by atoms with Crippen LogP contribution in [0.2, 0.25) is 0 Å². The van der Waals surface area contributed by atoms with E-state index in [0.717, 1.165) is 19.5 Å². The van der Waals surface area contributed by atoms with Gasteiger partial charge in [-0.3, -0.25) is 0 Å². The van der Waals surface area contributed by atoms with Gasteiger partial charge in [0.25, 0.3) is 0 Å². The van der Waals surface area contributed by atoms with Crippen molar-refractivity contribution >= 4 is 10.0 Å². The summed E-state index contributed by atoms with van der Waals surface area (Å²) in [5, 5.41) is 0. The lowest BCUT2D eigenvalue weighted by Crippen LogP contribution is -2.27.